The third-order valence-corrected chi connectivity index (χ3v) is 9.58. The highest BCUT2D eigenvalue weighted by Gasteiger charge is 2.33. The van der Waals surface area contributed by atoms with E-state index in [4.69, 9.17) is 9.15 Å². The fraction of sp³-hybridized carbons (Fsp3) is 0.290. The number of sulfone groups is 1. The van der Waals surface area contributed by atoms with Gasteiger partial charge in [0.05, 0.1) is 23.2 Å². The van der Waals surface area contributed by atoms with Crippen molar-refractivity contribution in [1.29, 1.82) is 0 Å². The van der Waals surface area contributed by atoms with Gasteiger partial charge in [0.15, 0.2) is 15.6 Å². The number of aliphatic hydroxyl groups excluding tert-OH is 1. The number of aromatic nitrogens is 1. The van der Waals surface area contributed by atoms with E-state index >= 15 is 0 Å². The molecule has 0 amide bonds. The number of nitrogens with zero attached hydrogens (tertiary/aromatic N) is 1. The summed E-state index contributed by atoms with van der Waals surface area (Å²) in [6.45, 7) is 5.05. The van der Waals surface area contributed by atoms with Crippen LogP contribution in [0.25, 0.3) is 22.6 Å². The number of ether oxygens (including phenoxy) is 1. The van der Waals surface area contributed by atoms with Crippen molar-refractivity contribution in [3.8, 4) is 28.3 Å². The summed E-state index contributed by atoms with van der Waals surface area (Å²) in [7, 11) is -3.63. The predicted molar refractivity (Wildman–Crippen MR) is 149 cm³/mol. The van der Waals surface area contributed by atoms with Crippen LogP contribution in [-0.2, 0) is 16.3 Å². The minimum absolute atomic E-state index is 0.214. The summed E-state index contributed by atoms with van der Waals surface area (Å²) in [5, 5.41) is 11.2. The number of rotatable bonds is 7. The number of carbonyl (C=O) groups excluding carboxylic acids is 1. The summed E-state index contributed by atoms with van der Waals surface area (Å²) >= 11 is 0. The molecule has 2 atom stereocenters. The van der Waals surface area contributed by atoms with Gasteiger partial charge in [0.2, 0.25) is 5.89 Å². The lowest BCUT2D eigenvalue weighted by molar-refractivity contribution is 0.0503. The van der Waals surface area contributed by atoms with Crippen molar-refractivity contribution in [1.82, 2.24) is 4.98 Å². The van der Waals surface area contributed by atoms with E-state index in [0.717, 1.165) is 11.3 Å². The topological polar surface area (TPSA) is 107 Å². The average molecular weight is 546 g/mol. The summed E-state index contributed by atoms with van der Waals surface area (Å²) in [6.07, 6.45) is 1.33. The van der Waals surface area contributed by atoms with Crippen molar-refractivity contribution in [2.45, 2.75) is 38.0 Å². The highest BCUT2D eigenvalue weighted by atomic mass is 32.2. The van der Waals surface area contributed by atoms with Gasteiger partial charge in [-0.3, -0.25) is 4.79 Å². The molecule has 1 aromatic heterocycles. The first-order chi connectivity index (χ1) is 18.5. The second kappa shape index (κ2) is 10.4. The van der Waals surface area contributed by atoms with E-state index in [1.807, 2.05) is 36.4 Å². The van der Waals surface area contributed by atoms with Crippen LogP contribution < -0.4 is 4.74 Å². The molecule has 2 heterocycles. The molecule has 0 radical (unpaired) electrons. The fourth-order valence-corrected chi connectivity index (χ4v) is 5.54. The van der Waals surface area contributed by atoms with Gasteiger partial charge < -0.3 is 14.3 Å². The number of hydrogen-bond donors (Lipinski definition) is 1. The van der Waals surface area contributed by atoms with Gasteiger partial charge in [-0.15, -0.1) is 0 Å². The first-order valence-electron chi connectivity index (χ1n) is 12.8. The second-order valence-electron chi connectivity index (χ2n) is 10.8. The molecule has 39 heavy (non-hydrogen) atoms. The fourth-order valence-electron chi connectivity index (χ4n) is 4.61. The Balaban J connectivity index is 1.35. The van der Waals surface area contributed by atoms with Gasteiger partial charge in [0.25, 0.3) is 0 Å². The van der Waals surface area contributed by atoms with Crippen LogP contribution in [0.4, 0.5) is 0 Å². The molecule has 1 N–H and O–H groups in total. The van der Waals surface area contributed by atoms with Gasteiger partial charge in [0, 0.05) is 29.0 Å². The van der Waals surface area contributed by atoms with E-state index < -0.39 is 32.2 Å². The molecule has 3 aromatic carbocycles. The zero-order valence-electron chi connectivity index (χ0n) is 22.1. The molecule has 202 valence electrons. The molecule has 1 aliphatic heterocycles. The molecule has 7 nitrogen and oxygen atoms in total. The van der Waals surface area contributed by atoms with Crippen LogP contribution >= 0.6 is 0 Å². The van der Waals surface area contributed by atoms with Crippen LogP contribution in [0.3, 0.4) is 0 Å². The number of benzene rings is 3. The van der Waals surface area contributed by atoms with Crippen molar-refractivity contribution >= 4 is 15.6 Å². The lowest BCUT2D eigenvalue weighted by Crippen LogP contribution is -2.33. The zero-order valence-corrected chi connectivity index (χ0v) is 22.9. The Morgan fingerprint density at radius 1 is 1.00 bits per heavy atom. The summed E-state index contributed by atoms with van der Waals surface area (Å²) in [5.41, 5.74) is 3.93. The monoisotopic (exact) mass is 545 g/mol. The number of hydrogen-bond acceptors (Lipinski definition) is 7. The first kappa shape index (κ1) is 26.8. The maximum Gasteiger partial charge on any atom is 0.226 e. The molecule has 8 heteroatoms. The number of Topliss-reactive ketones (excluding diaryl/α,β-unsaturated/α-hetero) is 1. The molecular formula is C31H31NO6S. The van der Waals surface area contributed by atoms with E-state index in [-0.39, 0.29) is 12.5 Å². The third kappa shape index (κ3) is 5.53. The first-order valence-corrected chi connectivity index (χ1v) is 14.5. The number of ketones is 1. The molecule has 0 bridgehead atoms. The maximum atomic E-state index is 13.1. The molecule has 0 spiro atoms. The molecule has 5 rings (SSSR count). The van der Waals surface area contributed by atoms with E-state index in [1.165, 1.54) is 0 Å². The number of fused-ring (bicyclic) bond motifs is 1. The minimum atomic E-state index is -3.63. The van der Waals surface area contributed by atoms with Crippen molar-refractivity contribution in [2.24, 2.45) is 5.92 Å². The van der Waals surface area contributed by atoms with Gasteiger partial charge in [-0.05, 0) is 50.1 Å². The molecule has 0 unspecified atom stereocenters. The highest BCUT2D eigenvalue weighted by Crippen LogP contribution is 2.40. The van der Waals surface area contributed by atoms with Gasteiger partial charge >= 0.3 is 0 Å². The smallest absolute Gasteiger partial charge is 0.226 e. The molecule has 0 fully saturated rings. The van der Waals surface area contributed by atoms with Gasteiger partial charge in [0.1, 0.15) is 17.8 Å². The maximum absolute atomic E-state index is 13.1. The van der Waals surface area contributed by atoms with Crippen LogP contribution in [-0.4, -0.2) is 41.4 Å². The third-order valence-electron chi connectivity index (χ3n) is 7.07. The SMILES string of the molecule is CC(C)(C)S(=O)(=O)CC(=O)c1ccccc1-c1ccc2c(c1)OC[C@H](Cc1coc(-c3ccccc3)n1)[C@H]2O. The molecule has 0 saturated heterocycles. The van der Waals surface area contributed by atoms with Crippen molar-refractivity contribution < 1.29 is 27.5 Å². The second-order valence-corrected chi connectivity index (χ2v) is 13.6. The Hall–Kier alpha value is -3.75. The van der Waals surface area contributed by atoms with Crippen molar-refractivity contribution in [2.75, 3.05) is 12.4 Å². The average Bonchev–Trinajstić information content (AvgIpc) is 3.38. The Morgan fingerprint density at radius 2 is 1.72 bits per heavy atom. The van der Waals surface area contributed by atoms with Crippen LogP contribution in [0.5, 0.6) is 5.75 Å². The Kier molecular flexibility index (Phi) is 7.18. The number of carbonyl (C=O) groups is 1. The minimum Gasteiger partial charge on any atom is -0.493 e. The van der Waals surface area contributed by atoms with Gasteiger partial charge in [-0.25, -0.2) is 13.4 Å². The van der Waals surface area contributed by atoms with Crippen molar-refractivity contribution in [3.63, 3.8) is 0 Å². The lowest BCUT2D eigenvalue weighted by Gasteiger charge is -2.30. The van der Waals surface area contributed by atoms with Crippen LogP contribution in [0.2, 0.25) is 0 Å². The summed E-state index contributed by atoms with van der Waals surface area (Å²) < 4.78 is 36.0. The van der Waals surface area contributed by atoms with Crippen molar-refractivity contribution in [3.05, 3.63) is 95.9 Å². The summed E-state index contributed by atoms with van der Waals surface area (Å²) in [6, 6.07) is 22.0. The van der Waals surface area contributed by atoms with Crippen LogP contribution in [0, 0.1) is 5.92 Å². The molecule has 1 aliphatic rings. The molecular weight excluding hydrogens is 514 g/mol. The van der Waals surface area contributed by atoms with E-state index in [2.05, 4.69) is 4.98 Å². The van der Waals surface area contributed by atoms with Gasteiger partial charge in [-0.1, -0.05) is 54.6 Å². The normalized spacial score (nSPS) is 17.3. The highest BCUT2D eigenvalue weighted by molar-refractivity contribution is 7.93. The Morgan fingerprint density at radius 3 is 2.46 bits per heavy atom. The summed E-state index contributed by atoms with van der Waals surface area (Å²) in [5.74, 6) is -0.171. The zero-order chi connectivity index (χ0) is 27.8. The van der Waals surface area contributed by atoms with Crippen LogP contribution in [0.15, 0.2) is 83.5 Å². The molecule has 4 aromatic rings. The quantitative estimate of drug-likeness (QED) is 0.297. The van der Waals surface area contributed by atoms with Gasteiger partial charge in [-0.2, -0.15) is 0 Å². The molecule has 0 saturated carbocycles. The molecule has 0 aliphatic carbocycles. The number of oxazole rings is 1. The van der Waals surface area contributed by atoms with E-state index in [0.29, 0.717) is 40.3 Å². The largest absolute Gasteiger partial charge is 0.493 e. The predicted octanol–water partition coefficient (Wildman–Crippen LogP) is 5.69. The van der Waals surface area contributed by atoms with Crippen LogP contribution in [0.1, 0.15) is 48.5 Å². The van der Waals surface area contributed by atoms with E-state index in [1.54, 1.807) is 63.4 Å². The Labute approximate surface area is 228 Å². The Bertz CT molecular complexity index is 1600. The lowest BCUT2D eigenvalue weighted by atomic mass is 9.88. The number of aliphatic hydroxyl groups is 1. The van der Waals surface area contributed by atoms with E-state index in [9.17, 15) is 18.3 Å². The standard InChI is InChI=1S/C31H31NO6S/c1-31(2,3)39(35,36)19-27(33)25-12-8-7-11-24(25)21-13-14-26-28(16-21)37-17-22(29(26)34)15-23-18-38-30(32-23)20-9-5-4-6-10-20/h4-14,16,18,22,29,34H,15,17,19H2,1-3H3/t22-,29+/m0/s1. The summed E-state index contributed by atoms with van der Waals surface area (Å²) in [4.78, 5) is 17.7.